The topological polar surface area (TPSA) is 63.4 Å². The van der Waals surface area contributed by atoms with Crippen LogP contribution >= 0.6 is 11.8 Å². The number of anilines is 1. The smallest absolute Gasteiger partial charge is 0.232 e. The fraction of sp³-hybridized carbons (Fsp3) is 0.467. The predicted molar refractivity (Wildman–Crippen MR) is 86.8 cm³/mol. The minimum absolute atomic E-state index is 0.197. The molecule has 0 unspecified atom stereocenters. The predicted octanol–water partition coefficient (Wildman–Crippen LogP) is 1.58. The Morgan fingerprint density at radius 3 is 2.64 bits per heavy atom. The van der Waals surface area contributed by atoms with Crippen LogP contribution in [0.5, 0.6) is 0 Å². The van der Waals surface area contributed by atoms with Gasteiger partial charge in [0.1, 0.15) is 0 Å². The first-order valence-electron chi connectivity index (χ1n) is 7.47. The van der Waals surface area contributed by atoms with Crippen molar-refractivity contribution < 1.29 is 9.84 Å². The summed E-state index contributed by atoms with van der Waals surface area (Å²) in [5.74, 6) is 1.69. The lowest BCUT2D eigenvalue weighted by Gasteiger charge is -2.27. The van der Waals surface area contributed by atoms with Crippen LogP contribution in [-0.4, -0.2) is 58.5 Å². The second-order valence-corrected chi connectivity index (χ2v) is 6.04. The molecule has 6 nitrogen and oxygen atoms in total. The third-order valence-electron chi connectivity index (χ3n) is 3.46. The Morgan fingerprint density at radius 1 is 1.14 bits per heavy atom. The highest BCUT2D eigenvalue weighted by atomic mass is 32.2. The van der Waals surface area contributed by atoms with Gasteiger partial charge in [-0.1, -0.05) is 30.0 Å². The van der Waals surface area contributed by atoms with E-state index in [1.165, 1.54) is 0 Å². The van der Waals surface area contributed by atoms with E-state index in [0.717, 1.165) is 42.1 Å². The summed E-state index contributed by atoms with van der Waals surface area (Å²) in [5, 5.41) is 18.6. The average molecular weight is 320 g/mol. The molecule has 1 aliphatic rings. The number of hydrogen-bond donors (Lipinski definition) is 1. The monoisotopic (exact) mass is 320 g/mol. The van der Waals surface area contributed by atoms with Crippen LogP contribution in [0.1, 0.15) is 6.42 Å². The van der Waals surface area contributed by atoms with Gasteiger partial charge < -0.3 is 14.7 Å². The Morgan fingerprint density at radius 2 is 1.91 bits per heavy atom. The molecule has 0 saturated carbocycles. The molecule has 1 aromatic carbocycles. The summed E-state index contributed by atoms with van der Waals surface area (Å²) >= 11 is 1.62. The summed E-state index contributed by atoms with van der Waals surface area (Å²) in [5.41, 5.74) is 1.06. The molecule has 118 valence electrons. The first-order chi connectivity index (χ1) is 10.9. The molecule has 0 bridgehead atoms. The molecule has 1 N–H and O–H groups in total. The number of thioether (sulfide) groups is 1. The van der Waals surface area contributed by atoms with E-state index < -0.39 is 0 Å². The van der Waals surface area contributed by atoms with Crippen LogP contribution in [0.2, 0.25) is 0 Å². The summed E-state index contributed by atoms with van der Waals surface area (Å²) in [6.07, 6.45) is 0.749. The summed E-state index contributed by atoms with van der Waals surface area (Å²) in [6.45, 7) is 3.28. The van der Waals surface area contributed by atoms with E-state index in [0.29, 0.717) is 13.2 Å². The molecule has 1 saturated heterocycles. The molecule has 1 fully saturated rings. The van der Waals surface area contributed by atoms with Crippen LogP contribution in [0, 0.1) is 0 Å². The maximum absolute atomic E-state index is 8.96. The fourth-order valence-electron chi connectivity index (χ4n) is 2.35. The summed E-state index contributed by atoms with van der Waals surface area (Å²) < 4.78 is 7.51. The number of hydrogen-bond acceptors (Lipinski definition) is 6. The molecule has 0 amide bonds. The van der Waals surface area contributed by atoms with Gasteiger partial charge in [-0.25, -0.2) is 0 Å². The lowest BCUT2D eigenvalue weighted by molar-refractivity contribution is 0.122. The van der Waals surface area contributed by atoms with E-state index in [1.807, 2.05) is 18.2 Å². The van der Waals surface area contributed by atoms with Crippen LogP contribution in [-0.2, 0) is 4.74 Å². The zero-order chi connectivity index (χ0) is 15.2. The Hall–Kier alpha value is -1.57. The van der Waals surface area contributed by atoms with E-state index in [4.69, 9.17) is 9.84 Å². The Labute approximate surface area is 134 Å². The first-order valence-corrected chi connectivity index (χ1v) is 8.46. The molecule has 1 aliphatic heterocycles. The van der Waals surface area contributed by atoms with Gasteiger partial charge in [-0.15, -0.1) is 10.2 Å². The second kappa shape index (κ2) is 7.62. The number of aromatic nitrogens is 3. The largest absolute Gasteiger partial charge is 0.396 e. The highest BCUT2D eigenvalue weighted by Gasteiger charge is 2.21. The van der Waals surface area contributed by atoms with Gasteiger partial charge in [0.25, 0.3) is 0 Å². The van der Waals surface area contributed by atoms with E-state index in [1.54, 1.807) is 11.8 Å². The lowest BCUT2D eigenvalue weighted by Crippen LogP contribution is -2.37. The number of nitrogens with zero attached hydrogens (tertiary/aromatic N) is 4. The third kappa shape index (κ3) is 3.43. The van der Waals surface area contributed by atoms with Crippen LogP contribution in [0.15, 0.2) is 35.5 Å². The molecule has 0 radical (unpaired) electrons. The van der Waals surface area contributed by atoms with Crippen molar-refractivity contribution in [3.63, 3.8) is 0 Å². The van der Waals surface area contributed by atoms with Gasteiger partial charge in [0.05, 0.1) is 18.9 Å². The van der Waals surface area contributed by atoms with Crippen molar-refractivity contribution in [2.75, 3.05) is 43.6 Å². The van der Waals surface area contributed by atoms with Gasteiger partial charge in [0.2, 0.25) is 5.95 Å². The van der Waals surface area contributed by atoms with Crippen molar-refractivity contribution >= 4 is 17.7 Å². The van der Waals surface area contributed by atoms with Crippen LogP contribution < -0.4 is 4.90 Å². The lowest BCUT2D eigenvalue weighted by atomic mass is 10.3. The molecular weight excluding hydrogens is 300 g/mol. The Bertz CT molecular complexity index is 584. The highest BCUT2D eigenvalue weighted by molar-refractivity contribution is 7.99. The number of benzene rings is 1. The maximum atomic E-state index is 8.96. The van der Waals surface area contributed by atoms with Crippen LogP contribution in [0.4, 0.5) is 5.95 Å². The van der Waals surface area contributed by atoms with Crippen molar-refractivity contribution in [2.45, 2.75) is 11.6 Å². The zero-order valence-electron chi connectivity index (χ0n) is 12.4. The summed E-state index contributed by atoms with van der Waals surface area (Å²) in [7, 11) is 0. The number of para-hydroxylation sites is 1. The summed E-state index contributed by atoms with van der Waals surface area (Å²) in [6, 6.07) is 10.1. The molecule has 2 heterocycles. The second-order valence-electron chi connectivity index (χ2n) is 4.98. The standard InChI is InChI=1S/C15H20N4O2S/c20-9-4-12-22-15-17-16-14(18-7-10-21-11-8-18)19(15)13-5-2-1-3-6-13/h1-3,5-6,20H,4,7-12H2. The van der Waals surface area contributed by atoms with E-state index >= 15 is 0 Å². The average Bonchev–Trinajstić information content (AvgIpc) is 3.01. The molecule has 22 heavy (non-hydrogen) atoms. The number of morpholine rings is 1. The van der Waals surface area contributed by atoms with E-state index in [9.17, 15) is 0 Å². The molecule has 0 aliphatic carbocycles. The first kappa shape index (κ1) is 15.3. The van der Waals surface area contributed by atoms with Crippen molar-refractivity contribution in [1.29, 1.82) is 0 Å². The normalized spacial score (nSPS) is 15.2. The zero-order valence-corrected chi connectivity index (χ0v) is 13.2. The SMILES string of the molecule is OCCCSc1nnc(N2CCOCC2)n1-c1ccccc1. The minimum Gasteiger partial charge on any atom is -0.396 e. The van der Waals surface area contributed by atoms with Crippen LogP contribution in [0.25, 0.3) is 5.69 Å². The molecule has 2 aromatic rings. The van der Waals surface area contributed by atoms with Gasteiger partial charge >= 0.3 is 0 Å². The maximum Gasteiger partial charge on any atom is 0.232 e. The van der Waals surface area contributed by atoms with Crippen LogP contribution in [0.3, 0.4) is 0 Å². The highest BCUT2D eigenvalue weighted by Crippen LogP contribution is 2.27. The Balaban J connectivity index is 1.91. The van der Waals surface area contributed by atoms with Gasteiger partial charge in [0, 0.05) is 25.4 Å². The van der Waals surface area contributed by atoms with Crippen molar-refractivity contribution in [2.24, 2.45) is 0 Å². The molecule has 0 atom stereocenters. The minimum atomic E-state index is 0.197. The molecule has 0 spiro atoms. The molecule has 7 heteroatoms. The van der Waals surface area contributed by atoms with Gasteiger partial charge in [0.15, 0.2) is 5.16 Å². The van der Waals surface area contributed by atoms with Crippen molar-refractivity contribution in [3.05, 3.63) is 30.3 Å². The fourth-order valence-corrected chi connectivity index (χ4v) is 3.23. The van der Waals surface area contributed by atoms with Gasteiger partial charge in [-0.3, -0.25) is 4.57 Å². The third-order valence-corrected chi connectivity index (χ3v) is 4.47. The Kier molecular flexibility index (Phi) is 5.31. The molecular formula is C15H20N4O2S. The quantitative estimate of drug-likeness (QED) is 0.644. The van der Waals surface area contributed by atoms with Crippen molar-refractivity contribution in [1.82, 2.24) is 14.8 Å². The van der Waals surface area contributed by atoms with Gasteiger partial charge in [-0.2, -0.15) is 0 Å². The van der Waals surface area contributed by atoms with E-state index in [2.05, 4.69) is 31.8 Å². The van der Waals surface area contributed by atoms with Crippen molar-refractivity contribution in [3.8, 4) is 5.69 Å². The number of rotatable bonds is 6. The molecule has 3 rings (SSSR count). The number of aliphatic hydroxyl groups is 1. The summed E-state index contributed by atoms with van der Waals surface area (Å²) in [4.78, 5) is 2.21. The molecule has 1 aromatic heterocycles. The number of aliphatic hydroxyl groups excluding tert-OH is 1. The number of ether oxygens (including phenoxy) is 1. The van der Waals surface area contributed by atoms with E-state index in [-0.39, 0.29) is 6.61 Å². The van der Waals surface area contributed by atoms with Gasteiger partial charge in [-0.05, 0) is 18.6 Å².